The van der Waals surface area contributed by atoms with Crippen LogP contribution in [0.1, 0.15) is 19.3 Å². The van der Waals surface area contributed by atoms with Crippen LogP contribution in [0.25, 0.3) is 0 Å². The average Bonchev–Trinajstić information content (AvgIpc) is 2.64. The third-order valence-electron chi connectivity index (χ3n) is 4.38. The molecule has 1 N–H and O–H groups in total. The molecule has 1 fully saturated rings. The number of methoxy groups -OCH3 is 1. The van der Waals surface area contributed by atoms with E-state index in [1.54, 1.807) is 14.2 Å². The molecule has 0 bridgehead atoms. The number of alkyl halides is 3. The zero-order chi connectivity index (χ0) is 19.0. The summed E-state index contributed by atoms with van der Waals surface area (Å²) < 4.78 is 41.7. The third kappa shape index (κ3) is 6.31. The molecule has 2 rings (SSSR count). The molecule has 1 heterocycles. The summed E-state index contributed by atoms with van der Waals surface area (Å²) in [7, 11) is 3.36. The van der Waals surface area contributed by atoms with Crippen molar-refractivity contribution in [2.75, 3.05) is 51.8 Å². The van der Waals surface area contributed by atoms with Gasteiger partial charge in [-0.2, -0.15) is 13.2 Å². The molecule has 8 heteroatoms. The van der Waals surface area contributed by atoms with Crippen molar-refractivity contribution in [3.8, 4) is 5.75 Å². The van der Waals surface area contributed by atoms with Gasteiger partial charge in [-0.05, 0) is 25.0 Å². The largest absolute Gasteiger partial charge is 0.497 e. The van der Waals surface area contributed by atoms with Crippen molar-refractivity contribution in [1.29, 1.82) is 0 Å². The van der Waals surface area contributed by atoms with E-state index in [1.807, 2.05) is 18.2 Å². The van der Waals surface area contributed by atoms with Crippen LogP contribution < -0.4 is 15.0 Å². The summed E-state index contributed by atoms with van der Waals surface area (Å²) in [6.07, 6.45) is -4.19. The quantitative estimate of drug-likeness (QED) is 0.473. The Morgan fingerprint density at radius 3 is 2.54 bits per heavy atom. The maximum atomic E-state index is 12.2. The van der Waals surface area contributed by atoms with Crippen LogP contribution in [0.4, 0.5) is 18.9 Å². The van der Waals surface area contributed by atoms with Crippen LogP contribution in [-0.4, -0.2) is 63.9 Å². The first kappa shape index (κ1) is 20.2. The molecule has 1 aliphatic heterocycles. The zero-order valence-corrected chi connectivity index (χ0v) is 15.4. The Morgan fingerprint density at radius 1 is 1.19 bits per heavy atom. The first-order valence-corrected chi connectivity index (χ1v) is 8.84. The Bertz CT molecular complexity index is 584. The number of aliphatic imine (C=N–C) groups is 1. The van der Waals surface area contributed by atoms with Gasteiger partial charge in [0, 0.05) is 57.9 Å². The van der Waals surface area contributed by atoms with Crippen molar-refractivity contribution in [2.45, 2.75) is 25.4 Å². The number of guanidine groups is 1. The Morgan fingerprint density at radius 2 is 1.92 bits per heavy atom. The summed E-state index contributed by atoms with van der Waals surface area (Å²) >= 11 is 0. The fraction of sp³-hybridized carbons (Fsp3) is 0.611. The van der Waals surface area contributed by atoms with Crippen molar-refractivity contribution in [3.63, 3.8) is 0 Å². The lowest BCUT2D eigenvalue weighted by atomic mass is 10.2. The average molecular weight is 372 g/mol. The summed E-state index contributed by atoms with van der Waals surface area (Å²) in [4.78, 5) is 8.68. The van der Waals surface area contributed by atoms with Crippen LogP contribution >= 0.6 is 0 Å². The lowest BCUT2D eigenvalue weighted by Crippen LogP contribution is -2.52. The van der Waals surface area contributed by atoms with E-state index in [2.05, 4.69) is 26.2 Å². The summed E-state index contributed by atoms with van der Waals surface area (Å²) in [6, 6.07) is 7.97. The number of unbranched alkanes of at least 4 members (excludes halogenated alkanes) is 1. The number of hydrogen-bond donors (Lipinski definition) is 1. The van der Waals surface area contributed by atoms with Crippen LogP contribution in [0.5, 0.6) is 5.75 Å². The van der Waals surface area contributed by atoms with E-state index in [0.717, 1.165) is 43.6 Å². The zero-order valence-electron chi connectivity index (χ0n) is 15.4. The van der Waals surface area contributed by atoms with E-state index < -0.39 is 12.6 Å². The van der Waals surface area contributed by atoms with Crippen LogP contribution in [0.15, 0.2) is 29.3 Å². The predicted octanol–water partition coefficient (Wildman–Crippen LogP) is 3.13. The standard InChI is InChI=1S/C18H27F3N4O/c1-22-17(23-9-4-3-8-18(19,20)21)25-12-10-24(11-13-25)15-6-5-7-16(14-15)26-2/h5-7,14H,3-4,8-13H2,1-2H3,(H,22,23). The lowest BCUT2D eigenvalue weighted by Gasteiger charge is -2.37. The van der Waals surface area contributed by atoms with Gasteiger partial charge in [0.25, 0.3) is 0 Å². The van der Waals surface area contributed by atoms with Crippen molar-refractivity contribution >= 4 is 11.6 Å². The Kier molecular flexibility index (Phi) is 7.41. The molecule has 0 atom stereocenters. The van der Waals surface area contributed by atoms with Crippen LogP contribution in [0.2, 0.25) is 0 Å². The van der Waals surface area contributed by atoms with Gasteiger partial charge in [-0.25, -0.2) is 0 Å². The third-order valence-corrected chi connectivity index (χ3v) is 4.38. The summed E-state index contributed by atoms with van der Waals surface area (Å²) in [5, 5.41) is 3.17. The molecule has 1 aliphatic rings. The van der Waals surface area contributed by atoms with Crippen molar-refractivity contribution < 1.29 is 17.9 Å². The molecule has 26 heavy (non-hydrogen) atoms. The predicted molar refractivity (Wildman–Crippen MR) is 98.0 cm³/mol. The first-order valence-electron chi connectivity index (χ1n) is 8.84. The highest BCUT2D eigenvalue weighted by Crippen LogP contribution is 2.23. The molecule has 0 saturated carbocycles. The lowest BCUT2D eigenvalue weighted by molar-refractivity contribution is -0.135. The number of ether oxygens (including phenoxy) is 1. The van der Waals surface area contributed by atoms with Gasteiger partial charge in [0.1, 0.15) is 5.75 Å². The number of benzene rings is 1. The number of nitrogens with one attached hydrogen (secondary N) is 1. The number of halogens is 3. The Balaban J connectivity index is 1.76. The van der Waals surface area contributed by atoms with Gasteiger partial charge in [0.05, 0.1) is 7.11 Å². The smallest absolute Gasteiger partial charge is 0.389 e. The second-order valence-corrected chi connectivity index (χ2v) is 6.22. The Labute approximate surface area is 152 Å². The highest BCUT2D eigenvalue weighted by atomic mass is 19.4. The van der Waals surface area contributed by atoms with Gasteiger partial charge < -0.3 is 19.9 Å². The number of nitrogens with zero attached hydrogens (tertiary/aromatic N) is 3. The molecule has 1 aromatic rings. The molecule has 5 nitrogen and oxygen atoms in total. The minimum Gasteiger partial charge on any atom is -0.497 e. The number of anilines is 1. The summed E-state index contributed by atoms with van der Waals surface area (Å²) in [6.45, 7) is 3.81. The van der Waals surface area contributed by atoms with E-state index in [1.165, 1.54) is 0 Å². The van der Waals surface area contributed by atoms with Gasteiger partial charge >= 0.3 is 6.18 Å². The van der Waals surface area contributed by atoms with E-state index in [9.17, 15) is 13.2 Å². The first-order chi connectivity index (χ1) is 12.4. The van der Waals surface area contributed by atoms with Crippen LogP contribution in [-0.2, 0) is 0 Å². The van der Waals surface area contributed by atoms with Crippen molar-refractivity contribution in [3.05, 3.63) is 24.3 Å². The van der Waals surface area contributed by atoms with Crippen molar-refractivity contribution in [1.82, 2.24) is 10.2 Å². The van der Waals surface area contributed by atoms with Gasteiger partial charge in [-0.1, -0.05) is 6.07 Å². The number of rotatable bonds is 6. The molecule has 1 aromatic carbocycles. The fourth-order valence-electron chi connectivity index (χ4n) is 2.97. The van der Waals surface area contributed by atoms with E-state index in [-0.39, 0.29) is 6.42 Å². The molecule has 0 radical (unpaired) electrons. The van der Waals surface area contributed by atoms with E-state index in [4.69, 9.17) is 4.74 Å². The number of hydrogen-bond acceptors (Lipinski definition) is 3. The SMILES string of the molecule is CN=C(NCCCCC(F)(F)F)N1CCN(c2cccc(OC)c2)CC1. The Hall–Kier alpha value is -2.12. The van der Waals surface area contributed by atoms with Crippen molar-refractivity contribution in [2.24, 2.45) is 4.99 Å². The van der Waals surface area contributed by atoms with Gasteiger partial charge in [-0.15, -0.1) is 0 Å². The maximum absolute atomic E-state index is 12.2. The molecular formula is C18H27F3N4O. The minimum atomic E-state index is -4.07. The molecule has 1 saturated heterocycles. The van der Waals surface area contributed by atoms with E-state index in [0.29, 0.717) is 13.0 Å². The molecule has 146 valence electrons. The molecule has 0 amide bonds. The molecular weight excluding hydrogens is 345 g/mol. The van der Waals surface area contributed by atoms with Crippen LogP contribution in [0.3, 0.4) is 0 Å². The fourth-order valence-corrected chi connectivity index (χ4v) is 2.97. The molecule has 0 unspecified atom stereocenters. The monoisotopic (exact) mass is 372 g/mol. The van der Waals surface area contributed by atoms with E-state index >= 15 is 0 Å². The van der Waals surface area contributed by atoms with Gasteiger partial charge in [-0.3, -0.25) is 4.99 Å². The molecule has 0 aromatic heterocycles. The highest BCUT2D eigenvalue weighted by molar-refractivity contribution is 5.80. The molecule has 0 spiro atoms. The topological polar surface area (TPSA) is 40.1 Å². The summed E-state index contributed by atoms with van der Waals surface area (Å²) in [5.74, 6) is 1.59. The number of piperazine rings is 1. The molecule has 0 aliphatic carbocycles. The maximum Gasteiger partial charge on any atom is 0.389 e. The summed E-state index contributed by atoms with van der Waals surface area (Å²) in [5.41, 5.74) is 1.12. The van der Waals surface area contributed by atoms with Gasteiger partial charge in [0.15, 0.2) is 5.96 Å². The second-order valence-electron chi connectivity index (χ2n) is 6.22. The normalized spacial score (nSPS) is 16.0. The van der Waals surface area contributed by atoms with Crippen LogP contribution in [0, 0.1) is 0 Å². The second kappa shape index (κ2) is 9.54. The van der Waals surface area contributed by atoms with Gasteiger partial charge in [0.2, 0.25) is 0 Å². The highest BCUT2D eigenvalue weighted by Gasteiger charge is 2.26. The minimum absolute atomic E-state index is 0.136.